The molecule has 0 bridgehead atoms. The lowest BCUT2D eigenvalue weighted by Crippen LogP contribution is -2.08. The van der Waals surface area contributed by atoms with Crippen LogP contribution in [0.15, 0.2) is 18.2 Å². The molecule has 0 radical (unpaired) electrons. The Morgan fingerprint density at radius 1 is 1.48 bits per heavy atom. The lowest BCUT2D eigenvalue weighted by molar-refractivity contribution is 0.293. The van der Waals surface area contributed by atoms with E-state index in [1.165, 1.54) is 6.07 Å². The Morgan fingerprint density at radius 3 is 2.71 bits per heavy atom. The molecule has 0 saturated carbocycles. The van der Waals surface area contributed by atoms with Crippen LogP contribution in [-0.4, -0.2) is 9.78 Å². The van der Waals surface area contributed by atoms with Gasteiger partial charge in [0.05, 0.1) is 16.4 Å². The lowest BCUT2D eigenvalue weighted by Gasteiger charge is -2.11. The molecule has 4 nitrogen and oxygen atoms in total. The van der Waals surface area contributed by atoms with Gasteiger partial charge in [0.25, 0.3) is 0 Å². The summed E-state index contributed by atoms with van der Waals surface area (Å²) in [7, 11) is 1.81. The topological polar surface area (TPSA) is 53.1 Å². The highest BCUT2D eigenvalue weighted by molar-refractivity contribution is 6.31. The van der Waals surface area contributed by atoms with Crippen LogP contribution in [0.3, 0.4) is 0 Å². The van der Waals surface area contributed by atoms with Crippen molar-refractivity contribution in [3.8, 4) is 5.75 Å². The summed E-state index contributed by atoms with van der Waals surface area (Å²) in [6, 6.07) is 4.33. The first kappa shape index (κ1) is 15.8. The number of benzene rings is 1. The first-order chi connectivity index (χ1) is 9.93. The van der Waals surface area contributed by atoms with Gasteiger partial charge in [-0.3, -0.25) is 4.68 Å². The van der Waals surface area contributed by atoms with Gasteiger partial charge in [-0.05, 0) is 19.4 Å². The van der Waals surface area contributed by atoms with E-state index in [9.17, 15) is 4.39 Å². The zero-order valence-corrected chi connectivity index (χ0v) is 13.1. The fourth-order valence-electron chi connectivity index (χ4n) is 2.10. The van der Waals surface area contributed by atoms with Crippen LogP contribution in [0.4, 0.5) is 4.39 Å². The molecule has 0 saturated heterocycles. The van der Waals surface area contributed by atoms with E-state index in [-0.39, 0.29) is 18.5 Å². The molecule has 21 heavy (non-hydrogen) atoms. The molecule has 2 N–H and O–H groups in total. The standard InChI is InChI=1S/C15H19ClFN3O/c1-4-13-15(16)14(20(3)19-13)8-21-10-5-6-11(9(2)18)12(17)7-10/h5-7,9H,4,8,18H2,1-3H3/t9-/m0/s1. The molecule has 0 unspecified atom stereocenters. The number of ether oxygens (including phenoxy) is 1. The van der Waals surface area contributed by atoms with Crippen LogP contribution in [-0.2, 0) is 20.1 Å². The average Bonchev–Trinajstić information content (AvgIpc) is 2.71. The first-order valence-electron chi connectivity index (χ1n) is 6.82. The van der Waals surface area contributed by atoms with Crippen molar-refractivity contribution in [1.29, 1.82) is 0 Å². The van der Waals surface area contributed by atoms with E-state index in [0.717, 1.165) is 17.8 Å². The van der Waals surface area contributed by atoms with Crippen molar-refractivity contribution >= 4 is 11.6 Å². The number of hydrogen-bond acceptors (Lipinski definition) is 3. The van der Waals surface area contributed by atoms with Crippen molar-refractivity contribution in [1.82, 2.24) is 9.78 Å². The highest BCUT2D eigenvalue weighted by atomic mass is 35.5. The lowest BCUT2D eigenvalue weighted by atomic mass is 10.1. The minimum absolute atomic E-state index is 0.235. The van der Waals surface area contributed by atoms with Crippen molar-refractivity contribution in [3.63, 3.8) is 0 Å². The van der Waals surface area contributed by atoms with Crippen LogP contribution in [0.25, 0.3) is 0 Å². The van der Waals surface area contributed by atoms with Gasteiger partial charge in [0.2, 0.25) is 0 Å². The van der Waals surface area contributed by atoms with Crippen molar-refractivity contribution in [3.05, 3.63) is 46.0 Å². The largest absolute Gasteiger partial charge is 0.487 e. The van der Waals surface area contributed by atoms with Crippen LogP contribution in [0.2, 0.25) is 5.02 Å². The Kier molecular flexibility index (Phi) is 4.85. The predicted octanol–water partition coefficient (Wildman–Crippen LogP) is 3.37. The maximum Gasteiger partial charge on any atom is 0.131 e. The highest BCUT2D eigenvalue weighted by Crippen LogP contribution is 2.24. The summed E-state index contributed by atoms with van der Waals surface area (Å²) in [6.45, 7) is 3.96. The second-order valence-electron chi connectivity index (χ2n) is 4.95. The molecule has 1 heterocycles. The van der Waals surface area contributed by atoms with Gasteiger partial charge in [0, 0.05) is 24.7 Å². The number of nitrogens with two attached hydrogens (primary N) is 1. The van der Waals surface area contributed by atoms with Crippen LogP contribution in [0.1, 0.15) is 36.8 Å². The van der Waals surface area contributed by atoms with Gasteiger partial charge in [0.15, 0.2) is 0 Å². The average molecular weight is 312 g/mol. The molecule has 2 rings (SSSR count). The number of halogens is 2. The fourth-order valence-corrected chi connectivity index (χ4v) is 2.44. The van der Waals surface area contributed by atoms with Crippen LogP contribution in [0, 0.1) is 5.82 Å². The molecule has 1 atom stereocenters. The van der Waals surface area contributed by atoms with Gasteiger partial charge in [-0.2, -0.15) is 5.10 Å². The Bertz CT molecular complexity index is 640. The molecule has 1 aromatic carbocycles. The summed E-state index contributed by atoms with van der Waals surface area (Å²) in [5.41, 5.74) is 7.74. The zero-order valence-electron chi connectivity index (χ0n) is 12.4. The summed E-state index contributed by atoms with van der Waals surface area (Å²) in [6.07, 6.45) is 0.754. The third-order valence-electron chi connectivity index (χ3n) is 3.34. The molecule has 0 aliphatic carbocycles. The van der Waals surface area contributed by atoms with E-state index < -0.39 is 0 Å². The number of hydrogen-bond donors (Lipinski definition) is 1. The molecule has 0 spiro atoms. The van der Waals surface area contributed by atoms with Crippen molar-refractivity contribution in [2.75, 3.05) is 0 Å². The van der Waals surface area contributed by atoms with E-state index in [0.29, 0.717) is 16.3 Å². The molecular weight excluding hydrogens is 293 g/mol. The minimum Gasteiger partial charge on any atom is -0.487 e. The third-order valence-corrected chi connectivity index (χ3v) is 3.78. The van der Waals surface area contributed by atoms with Crippen LogP contribution >= 0.6 is 11.6 Å². The number of aromatic nitrogens is 2. The molecule has 0 amide bonds. The van der Waals surface area contributed by atoms with E-state index in [1.807, 2.05) is 14.0 Å². The smallest absolute Gasteiger partial charge is 0.131 e. The fraction of sp³-hybridized carbons (Fsp3) is 0.400. The van der Waals surface area contributed by atoms with Crippen molar-refractivity contribution < 1.29 is 9.13 Å². The Morgan fingerprint density at radius 2 is 2.19 bits per heavy atom. The molecule has 1 aromatic heterocycles. The normalized spacial score (nSPS) is 12.5. The number of rotatable bonds is 5. The van der Waals surface area contributed by atoms with E-state index in [2.05, 4.69) is 5.10 Å². The molecule has 0 aliphatic rings. The van der Waals surface area contributed by atoms with Gasteiger partial charge in [-0.1, -0.05) is 24.6 Å². The summed E-state index contributed by atoms with van der Waals surface area (Å²) in [5, 5.41) is 4.91. The molecule has 0 fully saturated rings. The van der Waals surface area contributed by atoms with Gasteiger partial charge >= 0.3 is 0 Å². The summed E-state index contributed by atoms with van der Waals surface area (Å²) in [5.74, 6) is 0.0695. The van der Waals surface area contributed by atoms with Crippen molar-refractivity contribution in [2.45, 2.75) is 32.9 Å². The minimum atomic E-state index is -0.368. The predicted molar refractivity (Wildman–Crippen MR) is 80.9 cm³/mol. The quantitative estimate of drug-likeness (QED) is 0.921. The van der Waals surface area contributed by atoms with Gasteiger partial charge in [-0.15, -0.1) is 0 Å². The Balaban J connectivity index is 2.13. The SMILES string of the molecule is CCc1nn(C)c(COc2ccc([C@H](C)N)c(F)c2)c1Cl. The molecule has 2 aromatic rings. The van der Waals surface area contributed by atoms with E-state index in [4.69, 9.17) is 22.1 Å². The first-order valence-corrected chi connectivity index (χ1v) is 7.19. The molecule has 114 valence electrons. The summed E-state index contributed by atoms with van der Waals surface area (Å²) >= 11 is 6.24. The van der Waals surface area contributed by atoms with Crippen LogP contribution < -0.4 is 10.5 Å². The maximum atomic E-state index is 13.8. The highest BCUT2D eigenvalue weighted by Gasteiger charge is 2.14. The third kappa shape index (κ3) is 3.36. The molecular formula is C15H19ClFN3O. The van der Waals surface area contributed by atoms with E-state index >= 15 is 0 Å². The Labute approximate surface area is 128 Å². The summed E-state index contributed by atoms with van der Waals surface area (Å²) in [4.78, 5) is 0. The monoisotopic (exact) mass is 311 g/mol. The van der Waals surface area contributed by atoms with Crippen molar-refractivity contribution in [2.24, 2.45) is 12.8 Å². The second kappa shape index (κ2) is 6.45. The van der Waals surface area contributed by atoms with Gasteiger partial charge in [0.1, 0.15) is 18.2 Å². The summed E-state index contributed by atoms with van der Waals surface area (Å²) < 4.78 is 21.1. The number of nitrogens with zero attached hydrogens (tertiary/aromatic N) is 2. The Hall–Kier alpha value is -1.59. The molecule has 0 aliphatic heterocycles. The second-order valence-corrected chi connectivity index (χ2v) is 5.32. The molecule has 6 heteroatoms. The maximum absolute atomic E-state index is 13.8. The van der Waals surface area contributed by atoms with E-state index in [1.54, 1.807) is 23.7 Å². The van der Waals surface area contributed by atoms with Crippen LogP contribution in [0.5, 0.6) is 5.75 Å². The zero-order chi connectivity index (χ0) is 15.6. The van der Waals surface area contributed by atoms with Gasteiger partial charge < -0.3 is 10.5 Å². The van der Waals surface area contributed by atoms with Gasteiger partial charge in [-0.25, -0.2) is 4.39 Å². The number of aryl methyl sites for hydroxylation is 2.